The smallest absolute Gasteiger partial charge is 0.251 e. The first-order valence-electron chi connectivity index (χ1n) is 6.41. The van der Waals surface area contributed by atoms with E-state index in [-0.39, 0.29) is 5.91 Å². The lowest BCUT2D eigenvalue weighted by Gasteiger charge is -2.07. The van der Waals surface area contributed by atoms with Crippen LogP contribution in [-0.4, -0.2) is 27.4 Å². The van der Waals surface area contributed by atoms with Gasteiger partial charge in [0.15, 0.2) is 0 Å². The number of anilines is 1. The molecule has 0 saturated heterocycles. The van der Waals surface area contributed by atoms with Gasteiger partial charge >= 0.3 is 0 Å². The van der Waals surface area contributed by atoms with Crippen LogP contribution >= 0.6 is 0 Å². The average molecular weight is 274 g/mol. The molecular formula is C13H18N6O. The van der Waals surface area contributed by atoms with Crippen molar-refractivity contribution in [2.24, 2.45) is 5.84 Å². The summed E-state index contributed by atoms with van der Waals surface area (Å²) >= 11 is 0. The van der Waals surface area contributed by atoms with Gasteiger partial charge in [-0.2, -0.15) is 0 Å². The first kappa shape index (κ1) is 14.0. The number of aromatic amines is 1. The summed E-state index contributed by atoms with van der Waals surface area (Å²) in [6.45, 7) is 2.40. The van der Waals surface area contributed by atoms with Crippen molar-refractivity contribution < 1.29 is 4.79 Å². The van der Waals surface area contributed by atoms with E-state index in [9.17, 15) is 4.79 Å². The molecule has 0 bridgehead atoms. The lowest BCUT2D eigenvalue weighted by molar-refractivity contribution is 0.0953. The van der Waals surface area contributed by atoms with Crippen molar-refractivity contribution in [1.82, 2.24) is 20.3 Å². The number of H-pyrrole nitrogens is 1. The molecule has 2 heterocycles. The van der Waals surface area contributed by atoms with Crippen LogP contribution in [0.2, 0.25) is 0 Å². The number of nitrogens with two attached hydrogens (primary N) is 1. The predicted molar refractivity (Wildman–Crippen MR) is 76.0 cm³/mol. The van der Waals surface area contributed by atoms with Gasteiger partial charge in [0.2, 0.25) is 0 Å². The normalized spacial score (nSPS) is 10.3. The summed E-state index contributed by atoms with van der Waals surface area (Å²) in [5, 5.41) is 2.86. The molecule has 2 rings (SSSR count). The Morgan fingerprint density at radius 2 is 2.30 bits per heavy atom. The number of nitrogens with zero attached hydrogens (tertiary/aromatic N) is 2. The third-order valence-corrected chi connectivity index (χ3v) is 2.79. The number of hydrogen-bond donors (Lipinski definition) is 4. The zero-order chi connectivity index (χ0) is 14.4. The van der Waals surface area contributed by atoms with Crippen LogP contribution in [0.1, 0.15) is 28.3 Å². The van der Waals surface area contributed by atoms with Crippen LogP contribution in [-0.2, 0) is 6.42 Å². The van der Waals surface area contributed by atoms with Gasteiger partial charge in [0.05, 0.1) is 0 Å². The number of hydrazine groups is 1. The number of carbonyl (C=O) groups is 1. The SMILES string of the molecule is Cc1cc(C(=O)NCCCc2ncc[nH]2)cc(NN)n1. The molecule has 0 spiro atoms. The fourth-order valence-corrected chi connectivity index (χ4v) is 1.87. The van der Waals surface area contributed by atoms with Gasteiger partial charge in [-0.25, -0.2) is 15.8 Å². The highest BCUT2D eigenvalue weighted by atomic mass is 16.1. The van der Waals surface area contributed by atoms with E-state index >= 15 is 0 Å². The Balaban J connectivity index is 1.83. The molecule has 5 N–H and O–H groups in total. The van der Waals surface area contributed by atoms with E-state index in [4.69, 9.17) is 5.84 Å². The monoisotopic (exact) mass is 274 g/mol. The zero-order valence-electron chi connectivity index (χ0n) is 11.3. The first-order valence-corrected chi connectivity index (χ1v) is 6.41. The van der Waals surface area contributed by atoms with E-state index in [0.29, 0.717) is 17.9 Å². The quantitative estimate of drug-likeness (QED) is 0.353. The van der Waals surface area contributed by atoms with Crippen LogP contribution in [0.3, 0.4) is 0 Å². The number of nitrogen functional groups attached to an aromatic ring is 1. The van der Waals surface area contributed by atoms with Gasteiger partial charge in [-0.1, -0.05) is 0 Å². The fourth-order valence-electron chi connectivity index (χ4n) is 1.87. The number of nitrogens with one attached hydrogen (secondary N) is 3. The Morgan fingerprint density at radius 3 is 3.00 bits per heavy atom. The molecule has 1 amide bonds. The largest absolute Gasteiger partial charge is 0.352 e. The second-order valence-electron chi connectivity index (χ2n) is 4.42. The van der Waals surface area contributed by atoms with Crippen LogP contribution in [0.15, 0.2) is 24.5 Å². The summed E-state index contributed by atoms with van der Waals surface area (Å²) < 4.78 is 0. The third-order valence-electron chi connectivity index (χ3n) is 2.79. The fraction of sp³-hybridized carbons (Fsp3) is 0.308. The highest BCUT2D eigenvalue weighted by Gasteiger charge is 2.07. The Labute approximate surface area is 117 Å². The van der Waals surface area contributed by atoms with Crippen molar-refractivity contribution in [2.75, 3.05) is 12.0 Å². The molecule has 2 aromatic heterocycles. The van der Waals surface area contributed by atoms with Crippen molar-refractivity contribution in [3.8, 4) is 0 Å². The van der Waals surface area contributed by atoms with Gasteiger partial charge in [-0.05, 0) is 25.5 Å². The maximum absolute atomic E-state index is 12.0. The summed E-state index contributed by atoms with van der Waals surface area (Å²) in [5.74, 6) is 6.58. The highest BCUT2D eigenvalue weighted by molar-refractivity contribution is 5.94. The van der Waals surface area contributed by atoms with Gasteiger partial charge in [-0.15, -0.1) is 0 Å². The average Bonchev–Trinajstić information content (AvgIpc) is 2.95. The molecule has 0 unspecified atom stereocenters. The molecule has 0 aromatic carbocycles. The number of pyridine rings is 1. The van der Waals surface area contributed by atoms with Gasteiger partial charge in [0.1, 0.15) is 11.6 Å². The van der Waals surface area contributed by atoms with Crippen molar-refractivity contribution in [3.05, 3.63) is 41.6 Å². The van der Waals surface area contributed by atoms with E-state index in [0.717, 1.165) is 24.4 Å². The standard InChI is InChI=1S/C13H18N6O/c1-9-7-10(8-12(18-9)19-14)13(20)17-4-2-3-11-15-5-6-16-11/h5-8H,2-4,14H2,1H3,(H,15,16)(H,17,20)(H,18,19). The number of aryl methyl sites for hydroxylation is 2. The minimum absolute atomic E-state index is 0.133. The highest BCUT2D eigenvalue weighted by Crippen LogP contribution is 2.09. The zero-order valence-corrected chi connectivity index (χ0v) is 11.3. The second-order valence-corrected chi connectivity index (χ2v) is 4.42. The van der Waals surface area contributed by atoms with E-state index in [2.05, 4.69) is 25.7 Å². The molecule has 0 aliphatic carbocycles. The Morgan fingerprint density at radius 1 is 1.45 bits per heavy atom. The molecule has 0 fully saturated rings. The molecule has 0 atom stereocenters. The minimum Gasteiger partial charge on any atom is -0.352 e. The van der Waals surface area contributed by atoms with Crippen LogP contribution in [0.5, 0.6) is 0 Å². The number of aromatic nitrogens is 3. The molecule has 0 aliphatic rings. The molecule has 106 valence electrons. The van der Waals surface area contributed by atoms with Crippen molar-refractivity contribution in [3.63, 3.8) is 0 Å². The molecule has 0 aliphatic heterocycles. The summed E-state index contributed by atoms with van der Waals surface area (Å²) in [7, 11) is 0. The maximum atomic E-state index is 12.0. The third kappa shape index (κ3) is 3.79. The maximum Gasteiger partial charge on any atom is 0.251 e. The van der Waals surface area contributed by atoms with Crippen molar-refractivity contribution >= 4 is 11.7 Å². The lowest BCUT2D eigenvalue weighted by atomic mass is 10.2. The number of amides is 1. The molecule has 0 saturated carbocycles. The van der Waals surface area contributed by atoms with Crippen LogP contribution in [0, 0.1) is 6.92 Å². The van der Waals surface area contributed by atoms with Crippen LogP contribution < -0.4 is 16.6 Å². The minimum atomic E-state index is -0.133. The van der Waals surface area contributed by atoms with Crippen molar-refractivity contribution in [2.45, 2.75) is 19.8 Å². The van der Waals surface area contributed by atoms with Crippen LogP contribution in [0.25, 0.3) is 0 Å². The van der Waals surface area contributed by atoms with Gasteiger partial charge in [0.25, 0.3) is 5.91 Å². The van der Waals surface area contributed by atoms with Gasteiger partial charge in [-0.3, -0.25) is 4.79 Å². The molecule has 2 aromatic rings. The van der Waals surface area contributed by atoms with Crippen LogP contribution in [0.4, 0.5) is 5.82 Å². The Hall–Kier alpha value is -2.41. The molecule has 0 radical (unpaired) electrons. The van der Waals surface area contributed by atoms with E-state index < -0.39 is 0 Å². The van der Waals surface area contributed by atoms with Gasteiger partial charge < -0.3 is 15.7 Å². The Kier molecular flexibility index (Phi) is 4.67. The van der Waals surface area contributed by atoms with E-state index in [1.165, 1.54) is 0 Å². The summed E-state index contributed by atoms with van der Waals surface area (Å²) in [5.41, 5.74) is 3.73. The topological polar surface area (TPSA) is 109 Å². The summed E-state index contributed by atoms with van der Waals surface area (Å²) in [4.78, 5) is 23.3. The Bertz CT molecular complexity index is 566. The molecule has 20 heavy (non-hydrogen) atoms. The van der Waals surface area contributed by atoms with Crippen molar-refractivity contribution in [1.29, 1.82) is 0 Å². The summed E-state index contributed by atoms with van der Waals surface area (Å²) in [6.07, 6.45) is 5.13. The summed E-state index contributed by atoms with van der Waals surface area (Å²) in [6, 6.07) is 3.34. The number of hydrogen-bond acceptors (Lipinski definition) is 5. The second kappa shape index (κ2) is 6.67. The van der Waals surface area contributed by atoms with E-state index in [1.807, 2.05) is 6.92 Å². The molecular weight excluding hydrogens is 256 g/mol. The van der Waals surface area contributed by atoms with E-state index in [1.54, 1.807) is 24.5 Å². The molecule has 7 nitrogen and oxygen atoms in total. The van der Waals surface area contributed by atoms with Gasteiger partial charge in [0, 0.05) is 36.6 Å². The number of carbonyl (C=O) groups excluding carboxylic acids is 1. The number of rotatable bonds is 6. The first-order chi connectivity index (χ1) is 9.69. The number of imidazole rings is 1. The predicted octanol–water partition coefficient (Wildman–Crippen LogP) is 0.761. The molecule has 7 heteroatoms. The lowest BCUT2D eigenvalue weighted by Crippen LogP contribution is -2.25.